The lowest BCUT2D eigenvalue weighted by molar-refractivity contribution is -0.0799. The number of methoxy groups -OCH3 is 1. The number of nitrogens with zero attached hydrogens (tertiary/aromatic N) is 1. The summed E-state index contributed by atoms with van der Waals surface area (Å²) in [6.07, 6.45) is 2.52. The first-order chi connectivity index (χ1) is 9.80. The molecule has 0 aromatic carbocycles. The minimum absolute atomic E-state index is 0.0689. The van der Waals surface area contributed by atoms with E-state index >= 15 is 0 Å². The van der Waals surface area contributed by atoms with Crippen molar-refractivity contribution in [1.82, 2.24) is 10.2 Å². The third-order valence-corrected chi connectivity index (χ3v) is 5.45. The van der Waals surface area contributed by atoms with Gasteiger partial charge in [0.25, 0.3) is 0 Å². The molecule has 0 aromatic heterocycles. The van der Waals surface area contributed by atoms with E-state index < -0.39 is 0 Å². The molecule has 124 valence electrons. The van der Waals surface area contributed by atoms with Crippen LogP contribution in [0.2, 0.25) is 0 Å². The van der Waals surface area contributed by atoms with Crippen molar-refractivity contribution in [3.05, 3.63) is 0 Å². The van der Waals surface area contributed by atoms with Crippen molar-refractivity contribution >= 4 is 0 Å². The molecule has 2 atom stereocenters. The molecule has 2 saturated heterocycles. The van der Waals surface area contributed by atoms with Gasteiger partial charge in [0.15, 0.2) is 0 Å². The van der Waals surface area contributed by atoms with Gasteiger partial charge in [-0.1, -0.05) is 0 Å². The molecule has 2 rings (SSSR count). The Morgan fingerprint density at radius 3 is 2.29 bits per heavy atom. The third-order valence-electron chi connectivity index (χ3n) is 5.45. The van der Waals surface area contributed by atoms with Crippen LogP contribution < -0.4 is 5.32 Å². The Morgan fingerprint density at radius 2 is 1.76 bits per heavy atom. The molecule has 0 spiro atoms. The lowest BCUT2D eigenvalue weighted by atomic mass is 9.81. The van der Waals surface area contributed by atoms with Crippen LogP contribution in [0, 0.1) is 11.8 Å². The van der Waals surface area contributed by atoms with Gasteiger partial charge in [-0.15, -0.1) is 0 Å². The van der Waals surface area contributed by atoms with Gasteiger partial charge in [-0.3, -0.25) is 0 Å². The highest BCUT2D eigenvalue weighted by Crippen LogP contribution is 2.42. The van der Waals surface area contributed by atoms with Crippen LogP contribution in [0.25, 0.3) is 0 Å². The Labute approximate surface area is 130 Å². The highest BCUT2D eigenvalue weighted by Gasteiger charge is 2.53. The standard InChI is InChI=1S/C17H34N2O2/c1-16(2)14(15(18-5)17(3,4)21-16)11-19-9-7-13(8-10-19)12-20-6/h13-15,18H,7-12H2,1-6H3. The van der Waals surface area contributed by atoms with E-state index in [0.717, 1.165) is 19.1 Å². The van der Waals surface area contributed by atoms with Crippen molar-refractivity contribution in [2.24, 2.45) is 11.8 Å². The molecule has 21 heavy (non-hydrogen) atoms. The maximum Gasteiger partial charge on any atom is 0.0790 e. The Balaban J connectivity index is 1.95. The van der Waals surface area contributed by atoms with Gasteiger partial charge in [-0.2, -0.15) is 0 Å². The van der Waals surface area contributed by atoms with Crippen LogP contribution in [0.3, 0.4) is 0 Å². The fourth-order valence-electron chi connectivity index (χ4n) is 4.43. The van der Waals surface area contributed by atoms with E-state index in [9.17, 15) is 0 Å². The Kier molecular flexibility index (Phi) is 5.35. The van der Waals surface area contributed by atoms with E-state index in [0.29, 0.717) is 12.0 Å². The fraction of sp³-hybridized carbons (Fsp3) is 1.00. The second kappa shape index (κ2) is 6.53. The second-order valence-electron chi connectivity index (χ2n) is 7.88. The van der Waals surface area contributed by atoms with Gasteiger partial charge in [0.2, 0.25) is 0 Å². The van der Waals surface area contributed by atoms with Crippen molar-refractivity contribution in [1.29, 1.82) is 0 Å². The van der Waals surface area contributed by atoms with E-state index in [1.54, 1.807) is 0 Å². The Morgan fingerprint density at radius 1 is 1.14 bits per heavy atom. The summed E-state index contributed by atoms with van der Waals surface area (Å²) in [6.45, 7) is 13.3. The van der Waals surface area contributed by atoms with E-state index in [4.69, 9.17) is 9.47 Å². The van der Waals surface area contributed by atoms with Crippen LogP contribution in [0.4, 0.5) is 0 Å². The van der Waals surface area contributed by atoms with Gasteiger partial charge >= 0.3 is 0 Å². The zero-order chi connectivity index (χ0) is 15.7. The van der Waals surface area contributed by atoms with Gasteiger partial charge in [0.1, 0.15) is 0 Å². The molecule has 4 nitrogen and oxygen atoms in total. The van der Waals surface area contributed by atoms with Crippen molar-refractivity contribution in [3.63, 3.8) is 0 Å². The van der Waals surface area contributed by atoms with Crippen LogP contribution in [-0.2, 0) is 9.47 Å². The summed E-state index contributed by atoms with van der Waals surface area (Å²) in [6, 6.07) is 0.407. The molecular formula is C17H34N2O2. The highest BCUT2D eigenvalue weighted by molar-refractivity contribution is 5.05. The number of likely N-dealkylation sites (tertiary alicyclic amines) is 1. The van der Waals surface area contributed by atoms with Gasteiger partial charge in [0.05, 0.1) is 11.2 Å². The minimum atomic E-state index is -0.0999. The average Bonchev–Trinajstić information content (AvgIpc) is 2.56. The average molecular weight is 298 g/mol. The lowest BCUT2D eigenvalue weighted by Gasteiger charge is -2.37. The quantitative estimate of drug-likeness (QED) is 0.843. The number of ether oxygens (including phenoxy) is 2. The summed E-state index contributed by atoms with van der Waals surface area (Å²) in [5, 5.41) is 3.51. The van der Waals surface area contributed by atoms with Crippen LogP contribution in [-0.4, -0.2) is 62.5 Å². The summed E-state index contributed by atoms with van der Waals surface area (Å²) < 4.78 is 11.6. The maximum atomic E-state index is 6.34. The maximum absolute atomic E-state index is 6.34. The van der Waals surface area contributed by atoms with Crippen LogP contribution in [0.1, 0.15) is 40.5 Å². The molecule has 0 amide bonds. The van der Waals surface area contributed by atoms with Crippen molar-refractivity contribution in [3.8, 4) is 0 Å². The summed E-state index contributed by atoms with van der Waals surface area (Å²) >= 11 is 0. The number of rotatable bonds is 5. The largest absolute Gasteiger partial charge is 0.384 e. The first-order valence-corrected chi connectivity index (χ1v) is 8.39. The van der Waals surface area contributed by atoms with Gasteiger partial charge in [0, 0.05) is 32.2 Å². The minimum Gasteiger partial charge on any atom is -0.384 e. The Bertz CT molecular complexity index is 336. The van der Waals surface area contributed by atoms with Crippen molar-refractivity contribution in [2.45, 2.75) is 57.8 Å². The molecule has 2 unspecified atom stereocenters. The first kappa shape index (κ1) is 17.2. The topological polar surface area (TPSA) is 33.7 Å². The summed E-state index contributed by atoms with van der Waals surface area (Å²) in [5.41, 5.74) is -0.169. The molecule has 0 bridgehead atoms. The number of piperidine rings is 1. The fourth-order valence-corrected chi connectivity index (χ4v) is 4.43. The van der Waals surface area contributed by atoms with E-state index in [2.05, 4.69) is 45.0 Å². The van der Waals surface area contributed by atoms with Crippen LogP contribution >= 0.6 is 0 Å². The number of nitrogens with one attached hydrogen (secondary N) is 1. The summed E-state index contributed by atoms with van der Waals surface area (Å²) in [4.78, 5) is 2.62. The normalized spacial score (nSPS) is 33.4. The van der Waals surface area contributed by atoms with E-state index in [-0.39, 0.29) is 11.2 Å². The monoisotopic (exact) mass is 298 g/mol. The molecule has 2 fully saturated rings. The molecular weight excluding hydrogens is 264 g/mol. The predicted octanol–water partition coefficient (Wildman–Crippen LogP) is 2.14. The first-order valence-electron chi connectivity index (χ1n) is 8.39. The van der Waals surface area contributed by atoms with Gasteiger partial charge in [-0.25, -0.2) is 0 Å². The van der Waals surface area contributed by atoms with Gasteiger partial charge in [-0.05, 0) is 66.6 Å². The zero-order valence-electron chi connectivity index (χ0n) is 14.7. The molecule has 0 aromatic rings. The number of hydrogen-bond donors (Lipinski definition) is 1. The molecule has 0 saturated carbocycles. The molecule has 2 aliphatic heterocycles. The molecule has 1 N–H and O–H groups in total. The zero-order valence-corrected chi connectivity index (χ0v) is 14.7. The molecule has 0 radical (unpaired) electrons. The summed E-state index contributed by atoms with van der Waals surface area (Å²) in [7, 11) is 3.87. The smallest absolute Gasteiger partial charge is 0.0790 e. The number of likely N-dealkylation sites (N-methyl/N-ethyl adjacent to an activating group) is 1. The van der Waals surface area contributed by atoms with Crippen LogP contribution in [0.15, 0.2) is 0 Å². The van der Waals surface area contributed by atoms with E-state index in [1.807, 2.05) is 7.11 Å². The predicted molar refractivity (Wildman–Crippen MR) is 86.6 cm³/mol. The SMILES string of the molecule is CNC1C(CN2CCC(COC)CC2)C(C)(C)OC1(C)C. The van der Waals surface area contributed by atoms with Crippen LogP contribution in [0.5, 0.6) is 0 Å². The molecule has 4 heteroatoms. The van der Waals surface area contributed by atoms with Crippen molar-refractivity contribution in [2.75, 3.05) is 40.4 Å². The van der Waals surface area contributed by atoms with Gasteiger partial charge < -0.3 is 19.7 Å². The molecule has 2 aliphatic rings. The number of hydrogen-bond acceptors (Lipinski definition) is 4. The highest BCUT2D eigenvalue weighted by atomic mass is 16.5. The Hall–Kier alpha value is -0.160. The summed E-state index contributed by atoms with van der Waals surface area (Å²) in [5.74, 6) is 1.27. The van der Waals surface area contributed by atoms with E-state index in [1.165, 1.54) is 25.9 Å². The van der Waals surface area contributed by atoms with Crippen molar-refractivity contribution < 1.29 is 9.47 Å². The lowest BCUT2D eigenvalue weighted by Crippen LogP contribution is -2.50. The third kappa shape index (κ3) is 3.79. The molecule has 2 heterocycles. The second-order valence-corrected chi connectivity index (χ2v) is 7.88. The molecule has 0 aliphatic carbocycles.